The summed E-state index contributed by atoms with van der Waals surface area (Å²) in [4.78, 5) is 31.3. The molecule has 0 aliphatic heterocycles. The van der Waals surface area contributed by atoms with E-state index in [1.165, 1.54) is 18.4 Å². The second kappa shape index (κ2) is 11.7. The van der Waals surface area contributed by atoms with Crippen molar-refractivity contribution in [3.05, 3.63) is 0 Å². The van der Waals surface area contributed by atoms with Crippen LogP contribution in [-0.4, -0.2) is 66.8 Å². The molecule has 0 saturated heterocycles. The first-order valence-electron chi connectivity index (χ1n) is 6.56. The maximum atomic E-state index is 11.9. The molecular formula is C13H22F3FmN2O5-. The Kier molecular flexibility index (Phi) is 12.7. The molecule has 0 aliphatic rings. The van der Waals surface area contributed by atoms with E-state index < -0.39 is 30.1 Å². The number of carbonyl (C=O) groups excluding carboxylic acids is 2. The van der Waals surface area contributed by atoms with E-state index in [1.807, 2.05) is 5.32 Å². The van der Waals surface area contributed by atoms with Gasteiger partial charge in [-0.2, -0.15) is 19.6 Å². The zero-order valence-electron chi connectivity index (χ0n) is 13.8. The number of esters is 1. The number of amides is 1. The molecule has 0 bridgehead atoms. The van der Waals surface area contributed by atoms with Gasteiger partial charge >= 0.3 is 18.1 Å². The van der Waals surface area contributed by atoms with Crippen LogP contribution >= 0.6 is 0 Å². The van der Waals surface area contributed by atoms with E-state index in [0.717, 1.165) is 0 Å². The Bertz CT molecular complexity index is 387. The third-order valence-electron chi connectivity index (χ3n) is 1.91. The van der Waals surface area contributed by atoms with E-state index in [-0.39, 0.29) is 19.6 Å². The predicted octanol–water partition coefficient (Wildman–Crippen LogP) is 0.940. The van der Waals surface area contributed by atoms with Crippen LogP contribution < -0.4 is 5.32 Å². The summed E-state index contributed by atoms with van der Waals surface area (Å²) in [7, 11) is 1.45. The van der Waals surface area contributed by atoms with Gasteiger partial charge in [-0.25, -0.2) is 0 Å². The van der Waals surface area contributed by atoms with E-state index in [9.17, 15) is 27.6 Å². The van der Waals surface area contributed by atoms with Crippen molar-refractivity contribution in [3.63, 3.8) is 0 Å². The molecule has 0 aromatic heterocycles. The van der Waals surface area contributed by atoms with E-state index in [1.54, 1.807) is 20.8 Å². The summed E-state index contributed by atoms with van der Waals surface area (Å²) in [6, 6.07) is 0. The smallest absolute Gasteiger partial charge is 0.390 e. The number of hydrogen-bond donors (Lipinski definition) is 2. The third kappa shape index (κ3) is 24.2. The molecule has 24 heavy (non-hydrogen) atoms. The molecule has 11 heteroatoms. The van der Waals surface area contributed by atoms with Crippen LogP contribution in [0.4, 0.5) is 13.2 Å². The minimum atomic E-state index is -4.19. The summed E-state index contributed by atoms with van der Waals surface area (Å²) in [5.41, 5.74) is -0.609. The first-order valence-corrected chi connectivity index (χ1v) is 6.56. The molecule has 0 heterocycles. The number of nitrogens with one attached hydrogen (secondary N) is 1. The third-order valence-corrected chi connectivity index (χ3v) is 1.91. The van der Waals surface area contributed by atoms with Gasteiger partial charge < -0.3 is 20.0 Å². The molecule has 1 amide bonds. The number of alkyl halides is 3. The standard InChI is InChI=1S/C10H18F3NO2.C3H4NO3.Fm/c1-9(2,3)16-8(15)7-14(4)6-5-10(11,12)13;5-2-4-1-3(6)7;/h5-7H2,1-4H3;1H2,(H,4,5)(H,6,7);/q;-1;. The molecule has 7 nitrogen and oxygen atoms in total. The fourth-order valence-electron chi connectivity index (χ4n) is 1.10. The summed E-state index contributed by atoms with van der Waals surface area (Å²) in [6.07, 6.45) is -3.90. The van der Waals surface area contributed by atoms with Crippen molar-refractivity contribution in [3.8, 4) is 0 Å². The molecule has 0 fully saturated rings. The fourth-order valence-corrected chi connectivity index (χ4v) is 1.10. The summed E-state index contributed by atoms with van der Waals surface area (Å²) in [5, 5.41) is 9.65. The van der Waals surface area contributed by atoms with Gasteiger partial charge in [0, 0.05) is 6.54 Å². The van der Waals surface area contributed by atoms with E-state index in [2.05, 4.69) is 0 Å². The normalized spacial score (nSPS) is 10.8. The minimum Gasteiger partial charge on any atom is -0.521 e. The Morgan fingerprint density at radius 1 is 1.25 bits per heavy atom. The zero-order chi connectivity index (χ0) is 18.7. The van der Waals surface area contributed by atoms with Crippen molar-refractivity contribution in [2.24, 2.45) is 0 Å². The number of carboxylic acid groups (broad SMARTS) is 1. The monoisotopic (exact) mass is 600 g/mol. The van der Waals surface area contributed by atoms with Gasteiger partial charge in [0.05, 0.1) is 19.5 Å². The molecular weight excluding hydrogens is 578 g/mol. The van der Waals surface area contributed by atoms with E-state index >= 15 is 0 Å². The van der Waals surface area contributed by atoms with Gasteiger partial charge in [-0.15, -0.1) is 0 Å². The number of rotatable bonds is 7. The topological polar surface area (TPSA) is 95.9 Å². The van der Waals surface area contributed by atoms with Crippen LogP contribution in [0.1, 0.15) is 27.2 Å². The number of likely N-dealkylation sites (N-methyl/N-ethyl adjacent to an activating group) is 1. The Labute approximate surface area is 132 Å². The van der Waals surface area contributed by atoms with Crippen molar-refractivity contribution in [2.45, 2.75) is 39.0 Å². The largest absolute Gasteiger partial charge is 0.521 e. The predicted molar refractivity (Wildman–Crippen MR) is 75.3 cm³/mol. The molecule has 0 rings (SSSR count). The fraction of sp³-hybridized carbons (Fsp3) is 0.769. The number of aliphatic carboxylic acids is 1. The van der Waals surface area contributed by atoms with Crippen molar-refractivity contribution in [1.29, 1.82) is 0 Å². The van der Waals surface area contributed by atoms with Crippen molar-refractivity contribution in [2.75, 3.05) is 26.7 Å². The summed E-state index contributed by atoms with van der Waals surface area (Å²) >= 11 is 0. The maximum absolute atomic E-state index is 11.9. The van der Waals surface area contributed by atoms with E-state index in [0.29, 0.717) is 0 Å². The maximum Gasteiger partial charge on any atom is 0.390 e. The molecule has 0 saturated carbocycles. The molecule has 0 aliphatic carbocycles. The molecule has 0 radical (unpaired) electrons. The number of ether oxygens (including phenoxy) is 1. The minimum absolute atomic E-state index is 0. The zero-order valence-corrected chi connectivity index (χ0v) is 16.2. The quantitative estimate of drug-likeness (QED) is 0.257. The summed E-state index contributed by atoms with van der Waals surface area (Å²) in [5.74, 6) is -1.58. The van der Waals surface area contributed by atoms with Gasteiger partial charge in [0.1, 0.15) is 5.60 Å². The van der Waals surface area contributed by atoms with Gasteiger partial charge in [0.15, 0.2) is 0 Å². The number of carboxylic acids is 1. The number of nitrogens with zero attached hydrogens (tertiary/aromatic N) is 1. The molecule has 0 aromatic carbocycles. The van der Waals surface area contributed by atoms with Crippen molar-refractivity contribution < 1.29 is 37.4 Å². The van der Waals surface area contributed by atoms with Crippen LogP contribution in [0.5, 0.6) is 0 Å². The van der Waals surface area contributed by atoms with Crippen LogP contribution in [0.3, 0.4) is 0 Å². The van der Waals surface area contributed by atoms with Gasteiger partial charge in [0.2, 0.25) is 0 Å². The second-order valence-electron chi connectivity index (χ2n) is 5.54. The Hall–Kier alpha value is -2.84. The van der Waals surface area contributed by atoms with Crippen molar-refractivity contribution in [1.82, 2.24) is 10.2 Å². The Morgan fingerprint density at radius 3 is 2.04 bits per heavy atom. The summed E-state index contributed by atoms with van der Waals surface area (Å²) in [6.45, 7) is 4.43. The van der Waals surface area contributed by atoms with Crippen LogP contribution in [0, 0.1) is 0 Å². The average molecular weight is 600 g/mol. The Balaban J connectivity index is -0.000000468. The molecule has 2 N–H and O–H groups in total. The first-order chi connectivity index (χ1) is 10.3. The molecule has 0 aromatic rings. The van der Waals surface area contributed by atoms with Crippen LogP contribution in [0.15, 0.2) is 0 Å². The van der Waals surface area contributed by atoms with Crippen LogP contribution in [-0.2, 0) is 19.1 Å². The van der Waals surface area contributed by atoms with E-state index in [4.69, 9.17) is 9.84 Å². The molecule has 0 unspecified atom stereocenters. The second-order valence-corrected chi connectivity index (χ2v) is 5.54. The van der Waals surface area contributed by atoms with Crippen LogP contribution in [0.25, 0.3) is 0 Å². The molecule has 148 valence electrons. The molecule has 0 atom stereocenters. The molecule has 0 spiro atoms. The first kappa shape index (κ1) is 26.1. The van der Waals surface area contributed by atoms with Crippen molar-refractivity contribution >= 4 is 18.3 Å². The van der Waals surface area contributed by atoms with Gasteiger partial charge in [-0.3, -0.25) is 14.5 Å². The number of hydrogen-bond acceptors (Lipinski definition) is 5. The SMILES string of the molecule is CN(CCC(F)(F)F)CC(=O)OC(C)(C)C.O=[C-]NCC(=O)O.[Fm]. The summed E-state index contributed by atoms with van der Waals surface area (Å²) < 4.78 is 40.6. The Morgan fingerprint density at radius 2 is 1.75 bits per heavy atom. The van der Waals surface area contributed by atoms with Gasteiger partial charge in [-0.05, 0) is 27.8 Å². The average Bonchev–Trinajstić information content (AvgIpc) is 2.31. The van der Waals surface area contributed by atoms with Gasteiger partial charge in [0.25, 0.3) is 0 Å². The number of halogens is 3. The van der Waals surface area contributed by atoms with Crippen LogP contribution in [0.2, 0.25) is 0 Å². The van der Waals surface area contributed by atoms with Gasteiger partial charge in [-0.1, -0.05) is 0 Å². The number of carbonyl (C=O) groups is 2.